The molecule has 0 saturated carbocycles. The lowest BCUT2D eigenvalue weighted by atomic mass is 10.2. The van der Waals surface area contributed by atoms with Crippen molar-refractivity contribution in [3.05, 3.63) is 68.1 Å². The molecule has 0 fully saturated rings. The van der Waals surface area contributed by atoms with E-state index in [2.05, 4.69) is 31.9 Å². The van der Waals surface area contributed by atoms with Crippen molar-refractivity contribution in [1.82, 2.24) is 0 Å². The molecular formula is C14H8Br2F2O2. The van der Waals surface area contributed by atoms with Crippen LogP contribution in [0.1, 0.15) is 20.7 Å². The quantitative estimate of drug-likeness (QED) is 0.672. The van der Waals surface area contributed by atoms with Crippen LogP contribution in [0.5, 0.6) is 0 Å². The highest BCUT2D eigenvalue weighted by Crippen LogP contribution is 2.15. The molecule has 20 heavy (non-hydrogen) atoms. The Morgan fingerprint density at radius 1 is 0.750 bits per heavy atom. The fourth-order valence-electron chi connectivity index (χ4n) is 1.21. The number of hydrogen-bond donors (Lipinski definition) is 0. The van der Waals surface area contributed by atoms with Gasteiger partial charge >= 0.3 is 0 Å². The van der Waals surface area contributed by atoms with Gasteiger partial charge in [-0.05, 0) is 36.4 Å². The van der Waals surface area contributed by atoms with E-state index in [1.54, 1.807) is 0 Å². The number of carbonyl (C=O) groups excluding carboxylic acids is 2. The summed E-state index contributed by atoms with van der Waals surface area (Å²) in [6.07, 6.45) is 1.21. The first-order chi connectivity index (χ1) is 9.47. The van der Waals surface area contributed by atoms with Gasteiger partial charge in [0, 0.05) is 20.1 Å². The maximum absolute atomic E-state index is 12.4. The molecule has 104 valence electrons. The topological polar surface area (TPSA) is 34.1 Å². The molecule has 2 aromatic rings. The highest BCUT2D eigenvalue weighted by Gasteiger charge is 1.98. The molecule has 0 bridgehead atoms. The predicted molar refractivity (Wildman–Crippen MR) is 79.0 cm³/mol. The molecule has 2 nitrogen and oxygen atoms in total. The zero-order valence-electron chi connectivity index (χ0n) is 9.95. The molecule has 0 aliphatic rings. The average molecular weight is 406 g/mol. The Hall–Kier alpha value is -1.40. The Labute approximate surface area is 131 Å². The molecule has 0 aliphatic carbocycles. The third kappa shape index (κ3) is 4.94. The van der Waals surface area contributed by atoms with Crippen molar-refractivity contribution in [2.75, 3.05) is 0 Å². The zero-order valence-corrected chi connectivity index (χ0v) is 13.1. The monoisotopic (exact) mass is 404 g/mol. The van der Waals surface area contributed by atoms with Gasteiger partial charge in [0.15, 0.2) is 12.6 Å². The smallest absolute Gasteiger partial charge is 0.151 e. The first kappa shape index (κ1) is 16.7. The summed E-state index contributed by atoms with van der Waals surface area (Å²) in [5, 5.41) is 0. The molecule has 0 aliphatic heterocycles. The minimum absolute atomic E-state index is 0.333. The summed E-state index contributed by atoms with van der Waals surface area (Å²) in [4.78, 5) is 20.4. The van der Waals surface area contributed by atoms with Crippen LogP contribution >= 0.6 is 31.9 Å². The van der Waals surface area contributed by atoms with E-state index in [-0.39, 0.29) is 0 Å². The van der Waals surface area contributed by atoms with Crippen molar-refractivity contribution < 1.29 is 18.4 Å². The van der Waals surface area contributed by atoms with Crippen LogP contribution in [0.2, 0.25) is 0 Å². The van der Waals surface area contributed by atoms with Crippen LogP contribution in [0, 0.1) is 11.6 Å². The summed E-state index contributed by atoms with van der Waals surface area (Å²) in [6, 6.07) is 7.93. The van der Waals surface area contributed by atoms with Gasteiger partial charge in [-0.25, -0.2) is 8.78 Å². The van der Waals surface area contributed by atoms with E-state index in [0.29, 0.717) is 32.6 Å². The van der Waals surface area contributed by atoms with Crippen molar-refractivity contribution in [1.29, 1.82) is 0 Å². The van der Waals surface area contributed by atoms with Crippen molar-refractivity contribution in [3.8, 4) is 0 Å². The lowest BCUT2D eigenvalue weighted by molar-refractivity contribution is 0.111. The Balaban J connectivity index is 0.000000200. The summed E-state index contributed by atoms with van der Waals surface area (Å²) in [5.74, 6) is -0.796. The van der Waals surface area contributed by atoms with Crippen LogP contribution in [-0.2, 0) is 0 Å². The number of carbonyl (C=O) groups is 2. The van der Waals surface area contributed by atoms with Crippen LogP contribution in [0.3, 0.4) is 0 Å². The summed E-state index contributed by atoms with van der Waals surface area (Å²) < 4.78 is 25.9. The van der Waals surface area contributed by atoms with Gasteiger partial charge in [0.25, 0.3) is 0 Å². The van der Waals surface area contributed by atoms with Crippen LogP contribution < -0.4 is 0 Å². The van der Waals surface area contributed by atoms with Gasteiger partial charge in [-0.1, -0.05) is 31.9 Å². The van der Waals surface area contributed by atoms with Crippen LogP contribution in [0.15, 0.2) is 45.3 Å². The average Bonchev–Trinajstić information content (AvgIpc) is 2.44. The van der Waals surface area contributed by atoms with Gasteiger partial charge in [-0.15, -0.1) is 0 Å². The predicted octanol–water partition coefficient (Wildman–Crippen LogP) is 4.80. The second-order valence-corrected chi connectivity index (χ2v) is 5.28. The van der Waals surface area contributed by atoms with Gasteiger partial charge in [0.1, 0.15) is 11.6 Å². The molecule has 0 heterocycles. The van der Waals surface area contributed by atoms with Crippen molar-refractivity contribution in [2.45, 2.75) is 0 Å². The molecule has 0 atom stereocenters. The zero-order chi connectivity index (χ0) is 15.1. The molecule has 0 unspecified atom stereocenters. The van der Waals surface area contributed by atoms with Gasteiger partial charge < -0.3 is 0 Å². The normalized spacial score (nSPS) is 9.40. The summed E-state index contributed by atoms with van der Waals surface area (Å²) in [7, 11) is 0. The number of benzene rings is 2. The van der Waals surface area contributed by atoms with E-state index in [9.17, 15) is 18.4 Å². The van der Waals surface area contributed by atoms with E-state index in [0.717, 1.165) is 0 Å². The molecule has 2 rings (SSSR count). The van der Waals surface area contributed by atoms with Crippen molar-refractivity contribution in [3.63, 3.8) is 0 Å². The Morgan fingerprint density at radius 3 is 1.35 bits per heavy atom. The Kier molecular flexibility index (Phi) is 6.67. The standard InChI is InChI=1S/2C7H4BrFO/c2*8-7-2-1-6(9)3-5(7)4-10/h2*1-4H. The van der Waals surface area contributed by atoms with Crippen molar-refractivity contribution >= 4 is 44.4 Å². The Morgan fingerprint density at radius 2 is 1.10 bits per heavy atom. The number of aldehydes is 2. The molecule has 0 amide bonds. The maximum Gasteiger partial charge on any atom is 0.151 e. The first-order valence-electron chi connectivity index (χ1n) is 5.28. The van der Waals surface area contributed by atoms with Gasteiger partial charge in [-0.3, -0.25) is 9.59 Å². The van der Waals surface area contributed by atoms with Crippen LogP contribution in [-0.4, -0.2) is 12.6 Å². The first-order valence-corrected chi connectivity index (χ1v) is 6.87. The molecule has 0 spiro atoms. The van der Waals surface area contributed by atoms with E-state index in [4.69, 9.17) is 0 Å². The third-order valence-corrected chi connectivity index (χ3v) is 3.61. The summed E-state index contributed by atoms with van der Waals surface area (Å²) >= 11 is 6.19. The Bertz CT molecular complexity index is 575. The minimum Gasteiger partial charge on any atom is -0.298 e. The SMILES string of the molecule is O=Cc1cc(F)ccc1Br.O=Cc1cc(F)ccc1Br. The fraction of sp³-hybridized carbons (Fsp3) is 0. The fourth-order valence-corrected chi connectivity index (χ4v) is 1.89. The molecular weight excluding hydrogens is 398 g/mol. The number of rotatable bonds is 2. The summed E-state index contributed by atoms with van der Waals surface area (Å²) in [5.41, 5.74) is 0.667. The highest BCUT2D eigenvalue weighted by atomic mass is 79.9. The molecule has 6 heteroatoms. The molecule has 0 radical (unpaired) electrons. The lowest BCUT2D eigenvalue weighted by Gasteiger charge is -1.93. The second kappa shape index (κ2) is 8.01. The minimum atomic E-state index is -0.398. The van der Waals surface area contributed by atoms with Gasteiger partial charge in [0.2, 0.25) is 0 Å². The number of halogens is 4. The van der Waals surface area contributed by atoms with E-state index >= 15 is 0 Å². The molecule has 0 saturated heterocycles. The summed E-state index contributed by atoms with van der Waals surface area (Å²) in [6.45, 7) is 0. The largest absolute Gasteiger partial charge is 0.298 e. The van der Waals surface area contributed by atoms with Crippen LogP contribution in [0.25, 0.3) is 0 Å². The highest BCUT2D eigenvalue weighted by molar-refractivity contribution is 9.10. The van der Waals surface area contributed by atoms with Gasteiger partial charge in [-0.2, -0.15) is 0 Å². The van der Waals surface area contributed by atoms with Crippen molar-refractivity contribution in [2.24, 2.45) is 0 Å². The van der Waals surface area contributed by atoms with E-state index in [1.807, 2.05) is 0 Å². The maximum atomic E-state index is 12.4. The van der Waals surface area contributed by atoms with Crippen LogP contribution in [0.4, 0.5) is 8.78 Å². The lowest BCUT2D eigenvalue weighted by Crippen LogP contribution is -1.83. The molecule has 0 N–H and O–H groups in total. The molecule has 2 aromatic carbocycles. The second-order valence-electron chi connectivity index (χ2n) is 3.57. The number of hydrogen-bond acceptors (Lipinski definition) is 2. The third-order valence-electron chi connectivity index (χ3n) is 2.17. The molecule has 0 aromatic heterocycles. The van der Waals surface area contributed by atoms with E-state index < -0.39 is 11.6 Å². The van der Waals surface area contributed by atoms with Gasteiger partial charge in [0.05, 0.1) is 0 Å². The van der Waals surface area contributed by atoms with E-state index in [1.165, 1.54) is 36.4 Å².